The molecule has 0 spiro atoms. The third kappa shape index (κ3) is 15.1. The highest BCUT2D eigenvalue weighted by molar-refractivity contribution is 5.84. The van der Waals surface area contributed by atoms with Crippen molar-refractivity contribution < 1.29 is 58.6 Å². The molecule has 0 aromatic carbocycles. The molecular formula is C32H59N5O12. The van der Waals surface area contributed by atoms with E-state index in [9.17, 15) is 39.6 Å². The van der Waals surface area contributed by atoms with Crippen LogP contribution in [0, 0.1) is 11.8 Å². The van der Waals surface area contributed by atoms with Gasteiger partial charge in [-0.1, -0.05) is 20.3 Å². The Hall–Kier alpha value is -2.48. The number of amides is 4. The quantitative estimate of drug-likeness (QED) is 0.0581. The lowest BCUT2D eigenvalue weighted by Gasteiger charge is -2.41. The van der Waals surface area contributed by atoms with Crippen molar-refractivity contribution >= 4 is 23.6 Å². The fourth-order valence-corrected chi connectivity index (χ4v) is 5.47. The summed E-state index contributed by atoms with van der Waals surface area (Å²) in [5.74, 6) is -1.19. The number of hydrogen-bond donors (Lipinski definition) is 8. The minimum atomic E-state index is -1.48. The van der Waals surface area contributed by atoms with Gasteiger partial charge < -0.3 is 60.6 Å². The summed E-state index contributed by atoms with van der Waals surface area (Å²) in [5, 5.41) is 51.1. The Bertz CT molecular complexity index is 969. The minimum Gasteiger partial charge on any atom is -0.388 e. The lowest BCUT2D eigenvalue weighted by molar-refractivity contribution is -0.292. The van der Waals surface area contributed by atoms with Gasteiger partial charge in [-0.05, 0) is 45.4 Å². The second-order valence-electron chi connectivity index (χ2n) is 12.8. The lowest BCUT2D eigenvalue weighted by atomic mass is 9.84. The number of unbranched alkanes of at least 4 members (excludes halogenated alkanes) is 2. The van der Waals surface area contributed by atoms with Crippen LogP contribution >= 0.6 is 0 Å². The van der Waals surface area contributed by atoms with Crippen molar-refractivity contribution in [2.24, 2.45) is 11.8 Å². The van der Waals surface area contributed by atoms with Crippen LogP contribution in [0.25, 0.3) is 0 Å². The molecule has 0 unspecified atom stereocenters. The van der Waals surface area contributed by atoms with Crippen LogP contribution in [-0.4, -0.2) is 157 Å². The number of hydrogen-bond acceptors (Lipinski definition) is 13. The van der Waals surface area contributed by atoms with Crippen LogP contribution in [0.4, 0.5) is 0 Å². The molecule has 2 fully saturated rings. The highest BCUT2D eigenvalue weighted by atomic mass is 16.7. The average Bonchev–Trinajstić information content (AvgIpc) is 3.05. The molecule has 0 radical (unpaired) electrons. The van der Waals surface area contributed by atoms with E-state index < -0.39 is 54.9 Å². The normalized spacial score (nSPS) is 30.1. The topological polar surface area (TPSA) is 237 Å². The third-order valence-corrected chi connectivity index (χ3v) is 8.84. The van der Waals surface area contributed by atoms with Crippen LogP contribution in [0.2, 0.25) is 0 Å². The molecule has 2 saturated heterocycles. The van der Waals surface area contributed by atoms with Gasteiger partial charge in [-0.15, -0.1) is 0 Å². The Morgan fingerprint density at radius 2 is 1.10 bits per heavy atom. The van der Waals surface area contributed by atoms with Crippen LogP contribution < -0.4 is 21.3 Å². The molecule has 4 amide bonds. The van der Waals surface area contributed by atoms with Gasteiger partial charge in [-0.25, -0.2) is 0 Å². The van der Waals surface area contributed by atoms with Crippen LogP contribution in [-0.2, 0) is 38.1 Å². The van der Waals surface area contributed by atoms with Gasteiger partial charge in [0.25, 0.3) is 0 Å². The van der Waals surface area contributed by atoms with Crippen molar-refractivity contribution in [3.8, 4) is 0 Å². The number of rotatable bonds is 21. The molecule has 2 rings (SSSR count). The number of aliphatic hydroxyl groups is 4. The van der Waals surface area contributed by atoms with E-state index in [4.69, 9.17) is 18.9 Å². The predicted octanol–water partition coefficient (Wildman–Crippen LogP) is -2.43. The molecule has 49 heavy (non-hydrogen) atoms. The zero-order valence-corrected chi connectivity index (χ0v) is 29.5. The van der Waals surface area contributed by atoms with E-state index in [2.05, 4.69) is 21.3 Å². The first-order chi connectivity index (χ1) is 23.2. The predicted molar refractivity (Wildman–Crippen MR) is 176 cm³/mol. The molecule has 10 atom stereocenters. The maximum atomic E-state index is 12.8. The van der Waals surface area contributed by atoms with Gasteiger partial charge >= 0.3 is 0 Å². The van der Waals surface area contributed by atoms with Gasteiger partial charge in [0.2, 0.25) is 23.6 Å². The van der Waals surface area contributed by atoms with Gasteiger partial charge in [0, 0.05) is 32.6 Å². The summed E-state index contributed by atoms with van der Waals surface area (Å²) in [4.78, 5) is 51.2. The highest BCUT2D eigenvalue weighted by Crippen LogP contribution is 2.30. The van der Waals surface area contributed by atoms with E-state index in [-0.39, 0.29) is 75.7 Å². The van der Waals surface area contributed by atoms with Crippen molar-refractivity contribution in [2.45, 2.75) is 110 Å². The summed E-state index contributed by atoms with van der Waals surface area (Å²) in [7, 11) is 0. The second-order valence-corrected chi connectivity index (χ2v) is 12.8. The molecule has 2 heterocycles. The van der Waals surface area contributed by atoms with E-state index in [1.807, 2.05) is 27.7 Å². The number of carbonyl (C=O) groups is 4. The van der Waals surface area contributed by atoms with E-state index >= 15 is 0 Å². The standard InChI is InChI=1S/C32H59N5O12/c1-6-33-23(38)10-8-7-9-11-34-24(39)16-37(17-25(40)35-12-14-46-31-27(42)20(3)19(2)21(4)48-31)18-26(41)36-13-15-47-32-30(45)29(44)28(43)22(5)49-32/h19-22,27-32,42-45H,6-18H2,1-5H3,(H,33,38)(H,34,39)(H,35,40)(H,36,41)/t19-,20+,21-,22-,27-,28+,29+,30-,31+,32+/m0/s1. The zero-order chi connectivity index (χ0) is 36.5. The highest BCUT2D eigenvalue weighted by Gasteiger charge is 2.42. The summed E-state index contributed by atoms with van der Waals surface area (Å²) in [6.45, 7) is 9.52. The Kier molecular flexibility index (Phi) is 19.5. The van der Waals surface area contributed by atoms with Gasteiger partial charge in [0.05, 0.1) is 45.1 Å². The van der Waals surface area contributed by atoms with E-state index in [0.29, 0.717) is 32.4 Å². The average molecular weight is 706 g/mol. The molecule has 284 valence electrons. The number of aliphatic hydroxyl groups excluding tert-OH is 4. The van der Waals surface area contributed by atoms with Crippen molar-refractivity contribution in [1.29, 1.82) is 0 Å². The molecule has 2 aliphatic heterocycles. The Morgan fingerprint density at radius 3 is 1.65 bits per heavy atom. The van der Waals surface area contributed by atoms with Gasteiger partial charge in [-0.3, -0.25) is 24.1 Å². The van der Waals surface area contributed by atoms with Crippen LogP contribution in [0.15, 0.2) is 0 Å². The second kappa shape index (κ2) is 22.4. The van der Waals surface area contributed by atoms with Crippen LogP contribution in [0.3, 0.4) is 0 Å². The third-order valence-electron chi connectivity index (χ3n) is 8.84. The molecule has 2 aliphatic rings. The molecular weight excluding hydrogens is 646 g/mol. The van der Waals surface area contributed by atoms with Gasteiger partial charge in [0.15, 0.2) is 12.6 Å². The number of nitrogens with one attached hydrogen (secondary N) is 4. The largest absolute Gasteiger partial charge is 0.388 e. The first-order valence-corrected chi connectivity index (χ1v) is 17.3. The van der Waals surface area contributed by atoms with Crippen molar-refractivity contribution in [3.63, 3.8) is 0 Å². The Balaban J connectivity index is 1.81. The zero-order valence-electron chi connectivity index (χ0n) is 29.5. The molecule has 17 nitrogen and oxygen atoms in total. The monoisotopic (exact) mass is 705 g/mol. The summed E-state index contributed by atoms with van der Waals surface area (Å²) in [6.07, 6.45) is -5.35. The molecule has 17 heteroatoms. The van der Waals surface area contributed by atoms with Crippen molar-refractivity contribution in [3.05, 3.63) is 0 Å². The van der Waals surface area contributed by atoms with Crippen LogP contribution in [0.1, 0.15) is 60.3 Å². The Morgan fingerprint density at radius 1 is 0.592 bits per heavy atom. The van der Waals surface area contributed by atoms with Crippen molar-refractivity contribution in [1.82, 2.24) is 26.2 Å². The molecule has 8 N–H and O–H groups in total. The molecule has 0 aromatic rings. The molecule has 0 saturated carbocycles. The summed E-state index contributed by atoms with van der Waals surface area (Å²) >= 11 is 0. The fraction of sp³-hybridized carbons (Fsp3) is 0.875. The van der Waals surface area contributed by atoms with E-state index in [0.717, 1.165) is 6.42 Å². The number of ether oxygens (including phenoxy) is 4. The van der Waals surface area contributed by atoms with Crippen LogP contribution in [0.5, 0.6) is 0 Å². The summed E-state index contributed by atoms with van der Waals surface area (Å²) in [6, 6.07) is 0. The number of carbonyl (C=O) groups excluding carboxylic acids is 4. The first kappa shape index (κ1) is 42.7. The van der Waals surface area contributed by atoms with Gasteiger partial charge in [0.1, 0.15) is 24.4 Å². The van der Waals surface area contributed by atoms with E-state index in [1.54, 1.807) is 0 Å². The molecule has 0 bridgehead atoms. The van der Waals surface area contributed by atoms with Crippen molar-refractivity contribution in [2.75, 3.05) is 59.0 Å². The van der Waals surface area contributed by atoms with Gasteiger partial charge in [-0.2, -0.15) is 0 Å². The maximum Gasteiger partial charge on any atom is 0.234 e. The minimum absolute atomic E-state index is 0.00337. The lowest BCUT2D eigenvalue weighted by Crippen LogP contribution is -2.57. The first-order valence-electron chi connectivity index (χ1n) is 17.3. The fourth-order valence-electron chi connectivity index (χ4n) is 5.47. The molecule has 0 aliphatic carbocycles. The smallest absolute Gasteiger partial charge is 0.234 e. The molecule has 0 aromatic heterocycles. The summed E-state index contributed by atoms with van der Waals surface area (Å²) in [5.41, 5.74) is 0. The Labute approximate surface area is 288 Å². The van der Waals surface area contributed by atoms with E-state index in [1.165, 1.54) is 11.8 Å². The number of nitrogens with zero attached hydrogens (tertiary/aromatic N) is 1. The SMILES string of the molecule is CCNC(=O)CCCCCNC(=O)CN(CC(=O)NCCO[C@@H]1O[C@@H](C)[C@@H](C)[C@@H](C)[C@@H]1O)CC(=O)NCCO[C@@H]1O[C@@H](C)[C@@H](O)[C@@H](O)[C@@H]1O. The maximum absolute atomic E-state index is 12.8. The summed E-state index contributed by atoms with van der Waals surface area (Å²) < 4.78 is 22.2.